The summed E-state index contributed by atoms with van der Waals surface area (Å²) in [5.41, 5.74) is 3.04. The van der Waals surface area contributed by atoms with Gasteiger partial charge < -0.3 is 4.98 Å². The first-order chi connectivity index (χ1) is 10.3. The predicted octanol–water partition coefficient (Wildman–Crippen LogP) is 3.31. The number of H-pyrrole nitrogens is 1. The number of fused-ring (bicyclic) bond motifs is 1. The first kappa shape index (κ1) is 12.1. The highest BCUT2D eigenvalue weighted by atomic mass is 16.2. The molecule has 0 aliphatic heterocycles. The summed E-state index contributed by atoms with van der Waals surface area (Å²) in [6, 6.07) is 17.9. The van der Waals surface area contributed by atoms with Crippen molar-refractivity contribution in [2.45, 2.75) is 12.3 Å². The first-order valence-electron chi connectivity index (χ1n) is 7.12. The Morgan fingerprint density at radius 2 is 1.86 bits per heavy atom. The zero-order chi connectivity index (χ0) is 14.2. The van der Waals surface area contributed by atoms with Crippen LogP contribution < -0.4 is 5.32 Å². The highest BCUT2D eigenvalue weighted by Gasteiger charge is 2.44. The van der Waals surface area contributed by atoms with Gasteiger partial charge in [-0.05, 0) is 30.0 Å². The van der Waals surface area contributed by atoms with Gasteiger partial charge in [-0.2, -0.15) is 0 Å². The molecular weight excluding hydrogens is 262 g/mol. The molecule has 4 heteroatoms. The van der Waals surface area contributed by atoms with E-state index in [0.717, 1.165) is 17.5 Å². The Balaban J connectivity index is 1.47. The fourth-order valence-corrected chi connectivity index (χ4v) is 2.77. The molecule has 0 bridgehead atoms. The Labute approximate surface area is 122 Å². The number of hydrogen-bond acceptors (Lipinski definition) is 2. The van der Waals surface area contributed by atoms with E-state index in [2.05, 4.69) is 27.4 Å². The maximum Gasteiger partial charge on any atom is 0.230 e. The van der Waals surface area contributed by atoms with Gasteiger partial charge in [-0.15, -0.1) is 0 Å². The fraction of sp³-hybridized carbons (Fsp3) is 0.176. The van der Waals surface area contributed by atoms with Crippen molar-refractivity contribution in [2.24, 2.45) is 5.92 Å². The number of nitrogens with one attached hydrogen (secondary N) is 2. The molecule has 2 aromatic carbocycles. The summed E-state index contributed by atoms with van der Waals surface area (Å²) >= 11 is 0. The number of benzene rings is 2. The van der Waals surface area contributed by atoms with Crippen molar-refractivity contribution < 1.29 is 4.79 Å². The van der Waals surface area contributed by atoms with Crippen LogP contribution >= 0.6 is 0 Å². The summed E-state index contributed by atoms with van der Waals surface area (Å²) in [4.78, 5) is 19.8. The van der Waals surface area contributed by atoms with Gasteiger partial charge in [0.25, 0.3) is 0 Å². The molecule has 2 N–H and O–H groups in total. The van der Waals surface area contributed by atoms with E-state index in [4.69, 9.17) is 0 Å². The number of carbonyl (C=O) groups excluding carboxylic acids is 1. The van der Waals surface area contributed by atoms with Crippen molar-refractivity contribution in [3.8, 4) is 0 Å². The average Bonchev–Trinajstić information content (AvgIpc) is 3.22. The van der Waals surface area contributed by atoms with Crippen LogP contribution in [0, 0.1) is 5.92 Å². The second-order valence-electron chi connectivity index (χ2n) is 5.45. The lowest BCUT2D eigenvalue weighted by molar-refractivity contribution is -0.117. The monoisotopic (exact) mass is 277 g/mol. The number of imidazole rings is 1. The van der Waals surface area contributed by atoms with Gasteiger partial charge >= 0.3 is 0 Å². The molecule has 4 nitrogen and oxygen atoms in total. The van der Waals surface area contributed by atoms with Gasteiger partial charge in [-0.1, -0.05) is 42.5 Å². The predicted molar refractivity (Wildman–Crippen MR) is 82.0 cm³/mol. The molecule has 2 atom stereocenters. The van der Waals surface area contributed by atoms with Gasteiger partial charge in [0.05, 0.1) is 11.0 Å². The second-order valence-corrected chi connectivity index (χ2v) is 5.45. The first-order valence-corrected chi connectivity index (χ1v) is 7.12. The van der Waals surface area contributed by atoms with E-state index in [1.807, 2.05) is 42.5 Å². The molecule has 1 amide bonds. The Bertz CT molecular complexity index is 761. The summed E-state index contributed by atoms with van der Waals surface area (Å²) in [5, 5.41) is 2.89. The Kier molecular flexibility index (Phi) is 2.74. The minimum atomic E-state index is 0.0444. The number of amides is 1. The number of anilines is 1. The van der Waals surface area contributed by atoms with Gasteiger partial charge in [0.15, 0.2) is 0 Å². The van der Waals surface area contributed by atoms with E-state index >= 15 is 0 Å². The summed E-state index contributed by atoms with van der Waals surface area (Å²) in [6.07, 6.45) is 0.913. The molecule has 1 aromatic heterocycles. The molecule has 1 aliphatic rings. The Morgan fingerprint density at radius 1 is 1.10 bits per heavy atom. The highest BCUT2D eigenvalue weighted by molar-refractivity contribution is 5.95. The Hall–Kier alpha value is -2.62. The number of aromatic amines is 1. The van der Waals surface area contributed by atoms with Crippen LogP contribution in [-0.4, -0.2) is 15.9 Å². The van der Waals surface area contributed by atoms with E-state index < -0.39 is 0 Å². The van der Waals surface area contributed by atoms with Gasteiger partial charge in [0, 0.05) is 5.92 Å². The van der Waals surface area contributed by atoms with E-state index in [0.29, 0.717) is 11.9 Å². The molecule has 3 aromatic rings. The smallest absolute Gasteiger partial charge is 0.230 e. The molecule has 0 unspecified atom stereocenters. The lowest BCUT2D eigenvalue weighted by atomic mass is 10.1. The topological polar surface area (TPSA) is 57.8 Å². The summed E-state index contributed by atoms with van der Waals surface area (Å²) < 4.78 is 0. The molecule has 1 saturated carbocycles. The van der Waals surface area contributed by atoms with Gasteiger partial charge in [0.1, 0.15) is 0 Å². The minimum absolute atomic E-state index is 0.0444. The van der Waals surface area contributed by atoms with Crippen LogP contribution in [0.2, 0.25) is 0 Å². The van der Waals surface area contributed by atoms with Crippen molar-refractivity contribution in [1.82, 2.24) is 9.97 Å². The number of rotatable bonds is 3. The van der Waals surface area contributed by atoms with Crippen LogP contribution in [0.3, 0.4) is 0 Å². The second kappa shape index (κ2) is 4.74. The summed E-state index contributed by atoms with van der Waals surface area (Å²) in [5.74, 6) is 0.971. The van der Waals surface area contributed by atoms with E-state index in [-0.39, 0.29) is 11.8 Å². The highest BCUT2D eigenvalue weighted by Crippen LogP contribution is 2.47. The third-order valence-corrected chi connectivity index (χ3v) is 3.99. The molecular formula is C17H15N3O. The molecule has 1 heterocycles. The number of aromatic nitrogens is 2. The van der Waals surface area contributed by atoms with Gasteiger partial charge in [0.2, 0.25) is 11.9 Å². The lowest BCUT2D eigenvalue weighted by Crippen LogP contribution is -2.15. The number of nitrogens with zero attached hydrogens (tertiary/aromatic N) is 1. The number of hydrogen-bond donors (Lipinski definition) is 2. The van der Waals surface area contributed by atoms with Crippen LogP contribution in [0.15, 0.2) is 54.6 Å². The molecule has 4 rings (SSSR count). The van der Waals surface area contributed by atoms with Crippen LogP contribution in [0.25, 0.3) is 11.0 Å². The molecule has 0 radical (unpaired) electrons. The van der Waals surface area contributed by atoms with Crippen LogP contribution in [0.1, 0.15) is 17.9 Å². The largest absolute Gasteiger partial charge is 0.324 e. The van der Waals surface area contributed by atoms with Crippen molar-refractivity contribution >= 4 is 22.9 Å². The maximum atomic E-state index is 12.3. The Morgan fingerprint density at radius 3 is 2.67 bits per heavy atom. The third-order valence-electron chi connectivity index (χ3n) is 3.99. The molecule has 0 saturated heterocycles. The van der Waals surface area contributed by atoms with E-state index in [1.165, 1.54) is 5.56 Å². The van der Waals surface area contributed by atoms with Crippen LogP contribution in [0.5, 0.6) is 0 Å². The van der Waals surface area contributed by atoms with Crippen molar-refractivity contribution in [3.05, 3.63) is 60.2 Å². The zero-order valence-electron chi connectivity index (χ0n) is 11.4. The van der Waals surface area contributed by atoms with E-state index in [1.54, 1.807) is 0 Å². The van der Waals surface area contributed by atoms with Crippen LogP contribution in [-0.2, 0) is 4.79 Å². The summed E-state index contributed by atoms with van der Waals surface area (Å²) in [6.45, 7) is 0. The SMILES string of the molecule is O=C(Nc1nc2ccccc2[nH]1)[C@@H]1C[C@H]1c1ccccc1. The van der Waals surface area contributed by atoms with Crippen molar-refractivity contribution in [3.63, 3.8) is 0 Å². The van der Waals surface area contributed by atoms with Crippen LogP contribution in [0.4, 0.5) is 5.95 Å². The zero-order valence-corrected chi connectivity index (χ0v) is 11.4. The number of para-hydroxylation sites is 2. The van der Waals surface area contributed by atoms with E-state index in [9.17, 15) is 4.79 Å². The fourth-order valence-electron chi connectivity index (χ4n) is 2.77. The molecule has 0 spiro atoms. The molecule has 1 aliphatic carbocycles. The van der Waals surface area contributed by atoms with Gasteiger partial charge in [-0.3, -0.25) is 10.1 Å². The average molecular weight is 277 g/mol. The standard InChI is InChI=1S/C17H15N3O/c21-16(13-10-12(13)11-6-2-1-3-7-11)20-17-18-14-8-4-5-9-15(14)19-17/h1-9,12-13H,10H2,(H2,18,19,20,21)/t12-,13+/m0/s1. The maximum absolute atomic E-state index is 12.3. The van der Waals surface area contributed by atoms with Crippen molar-refractivity contribution in [2.75, 3.05) is 5.32 Å². The quantitative estimate of drug-likeness (QED) is 0.771. The number of carbonyl (C=O) groups is 1. The molecule has 1 fully saturated rings. The molecule has 21 heavy (non-hydrogen) atoms. The minimum Gasteiger partial charge on any atom is -0.324 e. The third kappa shape index (κ3) is 2.29. The normalized spacial score (nSPS) is 20.4. The van der Waals surface area contributed by atoms with Crippen molar-refractivity contribution in [1.29, 1.82) is 0 Å². The summed E-state index contributed by atoms with van der Waals surface area (Å²) in [7, 11) is 0. The molecule has 104 valence electrons. The lowest BCUT2D eigenvalue weighted by Gasteiger charge is -2.01. The van der Waals surface area contributed by atoms with Gasteiger partial charge in [-0.25, -0.2) is 4.98 Å².